The average molecular weight is 469 g/mol. The summed E-state index contributed by atoms with van der Waals surface area (Å²) in [5.41, 5.74) is -1.28. The number of aliphatic hydroxyl groups is 2. The SMILES string of the molecule is CC1(C)CCC[C@@]1(C)C1=C[C@@H]2[C@H]3[C@H](C([C@]4(C)CCCC4(C)C)=CC(=O)[C@@]3(C)O)[C@H]1C(=O)[C@]2(C)O. The molecule has 0 saturated heterocycles. The molecule has 6 aliphatic rings. The number of ketones is 2. The molecule has 8 atom stereocenters. The topological polar surface area (TPSA) is 74.6 Å². The molecule has 3 saturated carbocycles. The van der Waals surface area contributed by atoms with Crippen molar-refractivity contribution in [1.82, 2.24) is 0 Å². The third-order valence-electron chi connectivity index (χ3n) is 12.3. The lowest BCUT2D eigenvalue weighted by molar-refractivity contribution is -0.181. The van der Waals surface area contributed by atoms with Gasteiger partial charge in [-0.15, -0.1) is 0 Å². The zero-order valence-corrected chi connectivity index (χ0v) is 22.4. The normalized spacial score (nSPS) is 51.4. The monoisotopic (exact) mass is 468 g/mol. The van der Waals surface area contributed by atoms with Crippen LogP contribution >= 0.6 is 0 Å². The minimum absolute atomic E-state index is 0.00444. The van der Waals surface area contributed by atoms with E-state index in [2.05, 4.69) is 47.6 Å². The summed E-state index contributed by atoms with van der Waals surface area (Å²) >= 11 is 0. The second-order valence-corrected chi connectivity index (χ2v) is 14.4. The summed E-state index contributed by atoms with van der Waals surface area (Å²) in [7, 11) is 0. The van der Waals surface area contributed by atoms with Crippen LogP contribution in [0.1, 0.15) is 93.9 Å². The predicted octanol–water partition coefficient (Wildman–Crippen LogP) is 5.42. The maximum Gasteiger partial charge on any atom is 0.187 e. The van der Waals surface area contributed by atoms with Crippen LogP contribution in [0.3, 0.4) is 0 Å². The van der Waals surface area contributed by atoms with Gasteiger partial charge in [-0.3, -0.25) is 9.59 Å². The summed E-state index contributed by atoms with van der Waals surface area (Å²) in [5.74, 6) is -2.20. The summed E-state index contributed by atoms with van der Waals surface area (Å²) in [6.45, 7) is 17.0. The highest BCUT2D eigenvalue weighted by Gasteiger charge is 2.70. The highest BCUT2D eigenvalue weighted by molar-refractivity contribution is 6.02. The van der Waals surface area contributed by atoms with Crippen LogP contribution in [0, 0.1) is 45.3 Å². The van der Waals surface area contributed by atoms with E-state index in [-0.39, 0.29) is 39.1 Å². The number of carbonyl (C=O) groups is 2. The quantitative estimate of drug-likeness (QED) is 0.531. The largest absolute Gasteiger partial charge is 0.382 e. The van der Waals surface area contributed by atoms with Gasteiger partial charge in [0.1, 0.15) is 11.2 Å². The van der Waals surface area contributed by atoms with Gasteiger partial charge in [0.15, 0.2) is 11.6 Å². The second kappa shape index (κ2) is 6.73. The fourth-order valence-electron chi connectivity index (χ4n) is 9.06. The molecule has 0 unspecified atom stereocenters. The molecule has 34 heavy (non-hydrogen) atoms. The Morgan fingerprint density at radius 2 is 1.24 bits per heavy atom. The first kappa shape index (κ1) is 24.4. The minimum atomic E-state index is -1.60. The zero-order chi connectivity index (χ0) is 25.3. The molecule has 4 nitrogen and oxygen atoms in total. The lowest BCUT2D eigenvalue weighted by atomic mass is 9.41. The molecule has 0 aromatic heterocycles. The van der Waals surface area contributed by atoms with Crippen LogP contribution in [-0.2, 0) is 9.59 Å². The number of Topliss-reactive ketones (excluding diaryl/α,β-unsaturated/α-hetero) is 1. The van der Waals surface area contributed by atoms with Crippen molar-refractivity contribution in [3.8, 4) is 0 Å². The van der Waals surface area contributed by atoms with Gasteiger partial charge in [0.25, 0.3) is 0 Å². The molecule has 0 radical (unpaired) electrons. The molecule has 0 heterocycles. The first-order valence-electron chi connectivity index (χ1n) is 13.4. The molecule has 0 aromatic carbocycles. The van der Waals surface area contributed by atoms with E-state index in [9.17, 15) is 19.8 Å². The maximum absolute atomic E-state index is 14.1. The van der Waals surface area contributed by atoms with Crippen LogP contribution < -0.4 is 0 Å². The summed E-state index contributed by atoms with van der Waals surface area (Å²) in [5, 5.41) is 23.2. The van der Waals surface area contributed by atoms with E-state index in [0.717, 1.165) is 49.7 Å². The first-order valence-corrected chi connectivity index (χ1v) is 13.4. The number of hydrogen-bond donors (Lipinski definition) is 2. The molecule has 4 heteroatoms. The molecular formula is C30H44O4. The Morgan fingerprint density at radius 3 is 1.71 bits per heavy atom. The molecule has 0 aromatic rings. The Labute approximate surface area is 205 Å². The van der Waals surface area contributed by atoms with E-state index in [1.54, 1.807) is 19.9 Å². The molecule has 6 aliphatic carbocycles. The van der Waals surface area contributed by atoms with E-state index in [0.29, 0.717) is 0 Å². The van der Waals surface area contributed by atoms with Crippen molar-refractivity contribution in [1.29, 1.82) is 0 Å². The Bertz CT molecular complexity index is 1020. The van der Waals surface area contributed by atoms with E-state index in [1.807, 2.05) is 0 Å². The van der Waals surface area contributed by atoms with Crippen molar-refractivity contribution in [2.45, 2.75) is 105 Å². The number of allylic oxidation sites excluding steroid dienone is 2. The minimum Gasteiger partial charge on any atom is -0.382 e. The van der Waals surface area contributed by atoms with Crippen LogP contribution in [0.4, 0.5) is 0 Å². The summed E-state index contributed by atoms with van der Waals surface area (Å²) in [6, 6.07) is 0. The van der Waals surface area contributed by atoms with Gasteiger partial charge in [-0.25, -0.2) is 0 Å². The molecule has 2 N–H and O–H groups in total. The number of fused-ring (bicyclic) bond motifs is 1. The summed E-state index contributed by atoms with van der Waals surface area (Å²) < 4.78 is 0. The van der Waals surface area contributed by atoms with E-state index in [1.165, 1.54) is 0 Å². The van der Waals surface area contributed by atoms with Crippen LogP contribution in [0.25, 0.3) is 0 Å². The lowest BCUT2D eigenvalue weighted by Crippen LogP contribution is -2.69. The van der Waals surface area contributed by atoms with Gasteiger partial charge in [-0.2, -0.15) is 0 Å². The maximum atomic E-state index is 14.1. The van der Waals surface area contributed by atoms with Crippen molar-refractivity contribution >= 4 is 11.6 Å². The Kier molecular flexibility index (Phi) is 4.84. The Hall–Kier alpha value is -1.26. The van der Waals surface area contributed by atoms with E-state index < -0.39 is 29.0 Å². The fourth-order valence-corrected chi connectivity index (χ4v) is 9.06. The van der Waals surface area contributed by atoms with Gasteiger partial charge in [0.2, 0.25) is 0 Å². The van der Waals surface area contributed by atoms with Gasteiger partial charge < -0.3 is 10.2 Å². The molecular weight excluding hydrogens is 424 g/mol. The van der Waals surface area contributed by atoms with Gasteiger partial charge in [-0.1, -0.05) is 71.6 Å². The van der Waals surface area contributed by atoms with Gasteiger partial charge in [0.05, 0.1) is 0 Å². The van der Waals surface area contributed by atoms with Crippen LogP contribution in [0.5, 0.6) is 0 Å². The molecule has 0 amide bonds. The number of rotatable bonds is 2. The van der Waals surface area contributed by atoms with Gasteiger partial charge in [0, 0.05) is 23.7 Å². The van der Waals surface area contributed by atoms with Crippen LogP contribution in [0.2, 0.25) is 0 Å². The molecule has 2 bridgehead atoms. The molecule has 188 valence electrons. The fraction of sp³-hybridized carbons (Fsp3) is 0.800. The van der Waals surface area contributed by atoms with Crippen molar-refractivity contribution in [2.24, 2.45) is 45.3 Å². The number of hydrogen-bond acceptors (Lipinski definition) is 4. The smallest absolute Gasteiger partial charge is 0.187 e. The number of carbonyl (C=O) groups excluding carboxylic acids is 2. The van der Waals surface area contributed by atoms with Gasteiger partial charge >= 0.3 is 0 Å². The molecule has 3 fully saturated rings. The van der Waals surface area contributed by atoms with Crippen LogP contribution in [-0.4, -0.2) is 33.0 Å². The Morgan fingerprint density at radius 1 is 0.735 bits per heavy atom. The van der Waals surface area contributed by atoms with Crippen molar-refractivity contribution in [2.75, 3.05) is 0 Å². The van der Waals surface area contributed by atoms with Crippen molar-refractivity contribution in [3.63, 3.8) is 0 Å². The summed E-state index contributed by atoms with van der Waals surface area (Å²) in [4.78, 5) is 27.6. The zero-order valence-electron chi connectivity index (χ0n) is 22.4. The molecule has 6 rings (SSSR count). The van der Waals surface area contributed by atoms with Gasteiger partial charge in [-0.05, 0) is 67.3 Å². The van der Waals surface area contributed by atoms with Crippen molar-refractivity contribution in [3.05, 3.63) is 23.3 Å². The highest BCUT2D eigenvalue weighted by Crippen LogP contribution is 2.70. The first-order chi connectivity index (χ1) is 15.4. The lowest BCUT2D eigenvalue weighted by Gasteiger charge is -2.63. The second-order valence-electron chi connectivity index (χ2n) is 14.4. The van der Waals surface area contributed by atoms with Crippen molar-refractivity contribution < 1.29 is 19.8 Å². The average Bonchev–Trinajstić information content (AvgIpc) is 3.16. The predicted molar refractivity (Wildman–Crippen MR) is 133 cm³/mol. The molecule has 0 spiro atoms. The third-order valence-corrected chi connectivity index (χ3v) is 12.3. The van der Waals surface area contributed by atoms with Crippen LogP contribution in [0.15, 0.2) is 23.3 Å². The van der Waals surface area contributed by atoms with E-state index >= 15 is 0 Å². The summed E-state index contributed by atoms with van der Waals surface area (Å²) in [6.07, 6.45) is 10.3. The third kappa shape index (κ3) is 2.68. The molecule has 0 aliphatic heterocycles. The standard InChI is InChI=1S/C30H44O4/c1-25(2)11-9-13-27(25,5)17-15-19-23-21(22(17)24(32)29(19,7)33)18(16-20(31)30(23,8)34)28(6)14-10-12-26(28,3)4/h15-16,19,21-23,33-34H,9-14H2,1-8H3/t19-,21-,22+,23+,27+,28+,29-,30-/m1/s1. The highest BCUT2D eigenvalue weighted by atomic mass is 16.3. The Balaban J connectivity index is 1.77. The van der Waals surface area contributed by atoms with E-state index in [4.69, 9.17) is 0 Å².